The van der Waals surface area contributed by atoms with Crippen molar-refractivity contribution in [3.05, 3.63) is 26.6 Å². The SMILES string of the molecule is CCOc1c(Br)cc(CNCC2(CCOC)CC2)cc1Br. The molecule has 1 aromatic carbocycles. The number of benzene rings is 1. The largest absolute Gasteiger partial charge is 0.492 e. The lowest BCUT2D eigenvalue weighted by Gasteiger charge is -2.16. The van der Waals surface area contributed by atoms with E-state index in [2.05, 4.69) is 49.3 Å². The molecule has 0 heterocycles. The van der Waals surface area contributed by atoms with Crippen molar-refractivity contribution in [1.29, 1.82) is 0 Å². The van der Waals surface area contributed by atoms with Crippen molar-refractivity contribution in [2.24, 2.45) is 5.41 Å². The quantitative estimate of drug-likeness (QED) is 0.637. The molecule has 0 radical (unpaired) electrons. The summed E-state index contributed by atoms with van der Waals surface area (Å²) >= 11 is 7.16. The average Bonchev–Trinajstić information content (AvgIpc) is 3.21. The van der Waals surface area contributed by atoms with Crippen LogP contribution in [0, 0.1) is 5.41 Å². The third kappa shape index (κ3) is 4.95. The van der Waals surface area contributed by atoms with Gasteiger partial charge in [0.25, 0.3) is 0 Å². The molecule has 0 aliphatic heterocycles. The summed E-state index contributed by atoms with van der Waals surface area (Å²) in [5, 5.41) is 3.58. The smallest absolute Gasteiger partial charge is 0.147 e. The van der Waals surface area contributed by atoms with Crippen molar-refractivity contribution in [1.82, 2.24) is 5.32 Å². The Morgan fingerprint density at radius 2 is 1.90 bits per heavy atom. The van der Waals surface area contributed by atoms with Crippen molar-refractivity contribution < 1.29 is 9.47 Å². The van der Waals surface area contributed by atoms with E-state index in [1.54, 1.807) is 7.11 Å². The average molecular weight is 421 g/mol. The van der Waals surface area contributed by atoms with Crippen LogP contribution in [0.2, 0.25) is 0 Å². The highest BCUT2D eigenvalue weighted by atomic mass is 79.9. The molecule has 0 unspecified atom stereocenters. The summed E-state index contributed by atoms with van der Waals surface area (Å²) in [5.74, 6) is 0.875. The Hall–Kier alpha value is -0.100. The van der Waals surface area contributed by atoms with Crippen LogP contribution in [0.1, 0.15) is 31.7 Å². The van der Waals surface area contributed by atoms with Crippen LogP contribution in [-0.2, 0) is 11.3 Å². The lowest BCUT2D eigenvalue weighted by Crippen LogP contribution is -2.24. The van der Waals surface area contributed by atoms with Gasteiger partial charge in [0.05, 0.1) is 15.6 Å². The number of nitrogens with one attached hydrogen (secondary N) is 1. The molecule has 1 fully saturated rings. The van der Waals surface area contributed by atoms with E-state index in [4.69, 9.17) is 9.47 Å². The minimum absolute atomic E-state index is 0.482. The summed E-state index contributed by atoms with van der Waals surface area (Å²) in [4.78, 5) is 0. The zero-order chi connectivity index (χ0) is 15.3. The van der Waals surface area contributed by atoms with E-state index in [0.717, 1.165) is 40.8 Å². The minimum Gasteiger partial charge on any atom is -0.492 e. The van der Waals surface area contributed by atoms with Gasteiger partial charge in [0.1, 0.15) is 5.75 Å². The fraction of sp³-hybridized carbons (Fsp3) is 0.625. The van der Waals surface area contributed by atoms with Gasteiger partial charge in [-0.3, -0.25) is 0 Å². The number of methoxy groups -OCH3 is 1. The molecular weight excluding hydrogens is 398 g/mol. The summed E-state index contributed by atoms with van der Waals surface area (Å²) < 4.78 is 12.8. The standard InChI is InChI=1S/C16H23Br2NO2/c1-3-21-15-13(17)8-12(9-14(15)18)10-19-11-16(4-5-16)6-7-20-2/h8-9,19H,3-7,10-11H2,1-2H3. The molecule has 0 spiro atoms. The van der Waals surface area contributed by atoms with Gasteiger partial charge >= 0.3 is 0 Å². The molecule has 21 heavy (non-hydrogen) atoms. The second kappa shape index (κ2) is 7.95. The molecule has 0 aromatic heterocycles. The molecule has 2 rings (SSSR count). The van der Waals surface area contributed by atoms with Crippen LogP contribution in [0.5, 0.6) is 5.75 Å². The summed E-state index contributed by atoms with van der Waals surface area (Å²) in [7, 11) is 1.78. The third-order valence-electron chi connectivity index (χ3n) is 3.97. The molecule has 0 atom stereocenters. The van der Waals surface area contributed by atoms with Gasteiger partial charge in [-0.2, -0.15) is 0 Å². The Morgan fingerprint density at radius 3 is 2.43 bits per heavy atom. The second-order valence-corrected chi connectivity index (χ2v) is 7.38. The highest BCUT2D eigenvalue weighted by molar-refractivity contribution is 9.11. The topological polar surface area (TPSA) is 30.5 Å². The summed E-state index contributed by atoms with van der Waals surface area (Å²) in [6.45, 7) is 5.46. The van der Waals surface area contributed by atoms with Crippen LogP contribution < -0.4 is 10.1 Å². The van der Waals surface area contributed by atoms with Crippen molar-refractivity contribution in [2.45, 2.75) is 32.7 Å². The van der Waals surface area contributed by atoms with Gasteiger partial charge in [-0.25, -0.2) is 0 Å². The lowest BCUT2D eigenvalue weighted by atomic mass is 10.0. The Labute approximate surface area is 144 Å². The molecule has 1 saturated carbocycles. The normalized spacial score (nSPS) is 16.0. The van der Waals surface area contributed by atoms with E-state index in [-0.39, 0.29) is 0 Å². The summed E-state index contributed by atoms with van der Waals surface area (Å²) in [5.41, 5.74) is 1.73. The van der Waals surface area contributed by atoms with Crippen LogP contribution in [0.3, 0.4) is 0 Å². The van der Waals surface area contributed by atoms with E-state index in [1.807, 2.05) is 6.92 Å². The Bertz CT molecular complexity index is 452. The molecule has 1 aliphatic carbocycles. The van der Waals surface area contributed by atoms with Crippen LogP contribution in [0.25, 0.3) is 0 Å². The maximum Gasteiger partial charge on any atom is 0.147 e. The first kappa shape index (κ1) is 17.3. The molecule has 1 aromatic rings. The van der Waals surface area contributed by atoms with Crippen LogP contribution in [-0.4, -0.2) is 26.9 Å². The zero-order valence-electron chi connectivity index (χ0n) is 12.7. The van der Waals surface area contributed by atoms with E-state index in [0.29, 0.717) is 12.0 Å². The Kier molecular flexibility index (Phi) is 6.53. The van der Waals surface area contributed by atoms with E-state index < -0.39 is 0 Å². The molecule has 0 amide bonds. The zero-order valence-corrected chi connectivity index (χ0v) is 15.8. The molecule has 0 saturated heterocycles. The fourth-order valence-corrected chi connectivity index (χ4v) is 3.99. The van der Waals surface area contributed by atoms with Gasteiger partial charge in [0.15, 0.2) is 0 Å². The Morgan fingerprint density at radius 1 is 1.24 bits per heavy atom. The second-order valence-electron chi connectivity index (χ2n) is 5.67. The number of halogens is 2. The molecule has 118 valence electrons. The Balaban J connectivity index is 1.86. The number of rotatable bonds is 9. The van der Waals surface area contributed by atoms with Crippen LogP contribution >= 0.6 is 31.9 Å². The first-order valence-electron chi connectivity index (χ1n) is 7.40. The van der Waals surface area contributed by atoms with Crippen LogP contribution in [0.4, 0.5) is 0 Å². The highest BCUT2D eigenvalue weighted by Gasteiger charge is 2.41. The summed E-state index contributed by atoms with van der Waals surface area (Å²) in [6, 6.07) is 4.24. The van der Waals surface area contributed by atoms with E-state index in [1.165, 1.54) is 18.4 Å². The van der Waals surface area contributed by atoms with Crippen molar-refractivity contribution in [3.8, 4) is 5.75 Å². The molecule has 1 N–H and O–H groups in total. The monoisotopic (exact) mass is 419 g/mol. The third-order valence-corrected chi connectivity index (χ3v) is 5.15. The number of ether oxygens (including phenoxy) is 2. The fourth-order valence-electron chi connectivity index (χ4n) is 2.48. The van der Waals surface area contributed by atoms with Gasteiger partial charge in [0.2, 0.25) is 0 Å². The van der Waals surface area contributed by atoms with Gasteiger partial charge in [-0.05, 0) is 81.2 Å². The molecule has 1 aliphatic rings. The molecular formula is C16H23Br2NO2. The minimum atomic E-state index is 0.482. The van der Waals surface area contributed by atoms with Crippen LogP contribution in [0.15, 0.2) is 21.1 Å². The number of hydrogen-bond donors (Lipinski definition) is 1. The predicted octanol–water partition coefficient (Wildman–Crippen LogP) is 4.52. The maximum atomic E-state index is 5.61. The van der Waals surface area contributed by atoms with Gasteiger partial charge in [-0.1, -0.05) is 0 Å². The van der Waals surface area contributed by atoms with Gasteiger partial charge in [0, 0.05) is 26.8 Å². The summed E-state index contributed by atoms with van der Waals surface area (Å²) in [6.07, 6.45) is 3.80. The highest BCUT2D eigenvalue weighted by Crippen LogP contribution is 2.48. The number of hydrogen-bond acceptors (Lipinski definition) is 3. The maximum absolute atomic E-state index is 5.61. The predicted molar refractivity (Wildman–Crippen MR) is 92.9 cm³/mol. The van der Waals surface area contributed by atoms with Crippen molar-refractivity contribution in [2.75, 3.05) is 26.9 Å². The van der Waals surface area contributed by atoms with E-state index in [9.17, 15) is 0 Å². The molecule has 3 nitrogen and oxygen atoms in total. The van der Waals surface area contributed by atoms with Gasteiger partial charge in [-0.15, -0.1) is 0 Å². The van der Waals surface area contributed by atoms with Crippen molar-refractivity contribution >= 4 is 31.9 Å². The van der Waals surface area contributed by atoms with Gasteiger partial charge < -0.3 is 14.8 Å². The van der Waals surface area contributed by atoms with E-state index >= 15 is 0 Å². The first-order valence-corrected chi connectivity index (χ1v) is 8.99. The molecule has 0 bridgehead atoms. The van der Waals surface area contributed by atoms with Crippen molar-refractivity contribution in [3.63, 3.8) is 0 Å². The first-order chi connectivity index (χ1) is 10.1. The lowest BCUT2D eigenvalue weighted by molar-refractivity contribution is 0.171. The molecule has 5 heteroatoms.